The Kier molecular flexibility index (Phi) is 12.6. The van der Waals surface area contributed by atoms with Gasteiger partial charge in [-0.25, -0.2) is 0 Å². The number of nitro groups is 1. The first-order chi connectivity index (χ1) is 31.8. The fourth-order valence-corrected chi connectivity index (χ4v) is 8.65. The molecule has 7 rings (SSSR count). The molecule has 26 nitrogen and oxygen atoms in total. The number of phenols is 2. The van der Waals surface area contributed by atoms with E-state index in [4.69, 9.17) is 10.3 Å². The minimum absolute atomic E-state index is 0.0198. The number of fused-ring (bicyclic) bond motifs is 2. The van der Waals surface area contributed by atoms with Crippen molar-refractivity contribution in [3.8, 4) is 11.5 Å². The normalized spacial score (nSPS) is 12.9. The highest BCUT2D eigenvalue weighted by Crippen LogP contribution is 2.47. The summed E-state index contributed by atoms with van der Waals surface area (Å²) in [5, 5.41) is 63.8. The summed E-state index contributed by atoms with van der Waals surface area (Å²) in [6.07, 6.45) is 0. The van der Waals surface area contributed by atoms with E-state index < -0.39 is 111 Å². The van der Waals surface area contributed by atoms with Crippen molar-refractivity contribution < 1.29 is 67.0 Å². The molecule has 0 radical (unpaired) electrons. The molecule has 0 unspecified atom stereocenters. The van der Waals surface area contributed by atoms with Crippen molar-refractivity contribution in [1.29, 1.82) is 0 Å². The van der Waals surface area contributed by atoms with Gasteiger partial charge in [-0.05, 0) is 96.4 Å². The van der Waals surface area contributed by atoms with E-state index in [1.807, 2.05) is 0 Å². The molecule has 0 aliphatic carbocycles. The Hall–Kier alpha value is -8.10. The summed E-state index contributed by atoms with van der Waals surface area (Å²) in [5.41, 5.74) is 3.55. The van der Waals surface area contributed by atoms with Gasteiger partial charge in [-0.2, -0.15) is 54.1 Å². The number of benzene rings is 7. The monoisotopic (exact) mass is 1010 g/mol. The number of azo groups is 4. The van der Waals surface area contributed by atoms with E-state index in [0.717, 1.165) is 48.5 Å². The maximum Gasteiger partial charge on any atom is 0.297 e. The zero-order valence-electron chi connectivity index (χ0n) is 33.4. The Labute approximate surface area is 381 Å². The molecule has 30 heteroatoms. The summed E-state index contributed by atoms with van der Waals surface area (Å²) >= 11 is 0. The molecule has 7 aromatic rings. The minimum Gasteiger partial charge on any atom is -0.505 e. The second-order valence-electron chi connectivity index (χ2n) is 13.8. The predicted molar refractivity (Wildman–Crippen MR) is 238 cm³/mol. The maximum atomic E-state index is 12.5. The second-order valence-corrected chi connectivity index (χ2v) is 19.4. The van der Waals surface area contributed by atoms with E-state index in [0.29, 0.717) is 11.8 Å². The number of non-ortho nitro benzene ring substituents is 1. The topological polar surface area (TPSA) is 426 Å². The van der Waals surface area contributed by atoms with Crippen molar-refractivity contribution >= 4 is 119 Å². The first-order valence-corrected chi connectivity index (χ1v) is 24.0. The molecule has 0 aliphatic rings. The van der Waals surface area contributed by atoms with Crippen molar-refractivity contribution in [3.05, 3.63) is 119 Å². The molecule has 0 bridgehead atoms. The predicted octanol–water partition coefficient (Wildman–Crippen LogP) is 9.54. The van der Waals surface area contributed by atoms with Gasteiger partial charge in [0.25, 0.3) is 46.2 Å². The van der Waals surface area contributed by atoms with E-state index in [-0.39, 0.29) is 38.1 Å². The van der Waals surface area contributed by atoms with Crippen molar-refractivity contribution in [1.82, 2.24) is 0 Å². The van der Waals surface area contributed by atoms with Crippen LogP contribution in [0.25, 0.3) is 21.5 Å². The highest BCUT2D eigenvalue weighted by atomic mass is 32.2. The summed E-state index contributed by atoms with van der Waals surface area (Å²) in [7, 11) is -19.7. The number of phenolic OH excluding ortho intramolecular Hbond substituents is 2. The smallest absolute Gasteiger partial charge is 0.297 e. The molecule has 7 aromatic carbocycles. The van der Waals surface area contributed by atoms with Crippen LogP contribution in [0.2, 0.25) is 0 Å². The van der Waals surface area contributed by atoms with Crippen LogP contribution >= 0.6 is 0 Å². The first-order valence-electron chi connectivity index (χ1n) is 18.2. The number of rotatable bonds is 13. The van der Waals surface area contributed by atoms with Crippen LogP contribution in [0.4, 0.5) is 56.9 Å². The fraction of sp³-hybridized carbons (Fsp3) is 0. The Morgan fingerprint density at radius 2 is 0.941 bits per heavy atom. The minimum atomic E-state index is -5.10. The molecular formula is C38H26N10O16S4. The van der Waals surface area contributed by atoms with Crippen LogP contribution in [-0.2, 0) is 40.5 Å². The average molecular weight is 1010 g/mol. The lowest BCUT2D eigenvalue weighted by Crippen LogP contribution is -2.01. The van der Waals surface area contributed by atoms with E-state index in [9.17, 15) is 67.7 Å². The van der Waals surface area contributed by atoms with Gasteiger partial charge < -0.3 is 15.9 Å². The van der Waals surface area contributed by atoms with Crippen LogP contribution in [0, 0.1) is 10.1 Å². The molecule has 0 saturated heterocycles. The van der Waals surface area contributed by atoms with Crippen molar-refractivity contribution in [3.63, 3.8) is 0 Å². The molecule has 68 heavy (non-hydrogen) atoms. The zero-order chi connectivity index (χ0) is 49.5. The molecule has 0 saturated carbocycles. The standard InChI is InChI=1S/C38H26N10O16S4/c39-35-30(18-31(66(56,57)58)27-12-14-29(38(50)34(27)35)45-44-28-13-8-24(48(51)52)17-32(28)67(59,60)61)46-43-23-7-11-26-19(15-23)16-33(68(62,63)64)36(37(26)49)47-42-21-3-1-20(2-4-21)40-41-22-5-9-25(10-6-22)65(53,54)55/h1-18,49-50H,39H2,(H,53,54,55)(H,56,57,58)(H,59,60,61)(H,62,63,64)/b41-40+,45-44+,46-43+,47-42+. The van der Waals surface area contributed by atoms with Crippen LogP contribution in [0.3, 0.4) is 0 Å². The Morgan fingerprint density at radius 1 is 0.456 bits per heavy atom. The summed E-state index contributed by atoms with van der Waals surface area (Å²) in [5.74, 6) is -1.62. The molecule has 0 aromatic heterocycles. The van der Waals surface area contributed by atoms with Gasteiger partial charge in [0.15, 0.2) is 11.5 Å². The molecule has 8 N–H and O–H groups in total. The van der Waals surface area contributed by atoms with Gasteiger partial charge in [0.2, 0.25) is 0 Å². The number of hydrogen-bond acceptors (Lipinski definition) is 21. The maximum absolute atomic E-state index is 12.5. The van der Waals surface area contributed by atoms with Gasteiger partial charge in [0.05, 0.1) is 43.6 Å². The van der Waals surface area contributed by atoms with Gasteiger partial charge in [0.1, 0.15) is 37.4 Å². The summed E-state index contributed by atoms with van der Waals surface area (Å²) < 4.78 is 135. The molecule has 0 spiro atoms. The Balaban J connectivity index is 1.20. The summed E-state index contributed by atoms with van der Waals surface area (Å²) in [6.45, 7) is 0. The SMILES string of the molecule is Nc1c(/N=N/c2ccc3c(O)c(/N=N/c4ccc(/N=N/c5ccc(S(=O)(=O)O)cc5)cc4)c(S(=O)(=O)O)cc3c2)cc(S(=O)(=O)O)c2ccc(/N=N/c3ccc([N+](=O)[O-])cc3S(=O)(=O)O)c(O)c12. The van der Waals surface area contributed by atoms with Crippen LogP contribution in [0.1, 0.15) is 0 Å². The van der Waals surface area contributed by atoms with Gasteiger partial charge in [-0.15, -0.1) is 20.5 Å². The largest absolute Gasteiger partial charge is 0.505 e. The molecular weight excluding hydrogens is 981 g/mol. The number of anilines is 1. The molecule has 0 atom stereocenters. The number of nitrogens with zero attached hydrogens (tertiary/aromatic N) is 9. The molecule has 0 amide bonds. The molecule has 0 fully saturated rings. The van der Waals surface area contributed by atoms with Crippen LogP contribution in [0.15, 0.2) is 170 Å². The highest BCUT2D eigenvalue weighted by Gasteiger charge is 2.25. The summed E-state index contributed by atoms with van der Waals surface area (Å²) in [6, 6.07) is 20.3. The van der Waals surface area contributed by atoms with Crippen molar-refractivity contribution in [2.75, 3.05) is 5.73 Å². The fourth-order valence-electron chi connectivity index (χ4n) is 6.16. The third kappa shape index (κ3) is 10.3. The lowest BCUT2D eigenvalue weighted by atomic mass is 10.1. The molecule has 348 valence electrons. The van der Waals surface area contributed by atoms with Gasteiger partial charge >= 0.3 is 0 Å². The van der Waals surface area contributed by atoms with Gasteiger partial charge in [0, 0.05) is 22.9 Å². The van der Waals surface area contributed by atoms with Gasteiger partial charge in [-0.3, -0.25) is 28.3 Å². The third-order valence-electron chi connectivity index (χ3n) is 9.33. The van der Waals surface area contributed by atoms with E-state index in [1.54, 1.807) is 0 Å². The van der Waals surface area contributed by atoms with Crippen LogP contribution in [-0.4, -0.2) is 67.0 Å². The Bertz CT molecular complexity index is 3850. The van der Waals surface area contributed by atoms with E-state index in [2.05, 4.69) is 40.9 Å². The molecule has 0 heterocycles. The zero-order valence-corrected chi connectivity index (χ0v) is 36.7. The number of hydrogen-bond donors (Lipinski definition) is 7. The quantitative estimate of drug-likeness (QED) is 0.0186. The van der Waals surface area contributed by atoms with E-state index in [1.165, 1.54) is 54.6 Å². The number of nitro benzene ring substituents is 1. The average Bonchev–Trinajstić information content (AvgIpc) is 3.26. The first kappa shape index (κ1) is 47.9. The van der Waals surface area contributed by atoms with Gasteiger partial charge in [-0.1, -0.05) is 6.07 Å². The van der Waals surface area contributed by atoms with E-state index >= 15 is 0 Å². The highest BCUT2D eigenvalue weighted by molar-refractivity contribution is 7.86. The Morgan fingerprint density at radius 3 is 1.50 bits per heavy atom. The lowest BCUT2D eigenvalue weighted by molar-refractivity contribution is -0.385. The number of aromatic hydroxyl groups is 2. The third-order valence-corrected chi connectivity index (χ3v) is 12.8. The summed E-state index contributed by atoms with van der Waals surface area (Å²) in [4.78, 5) is 7.18. The molecule has 0 aliphatic heterocycles. The lowest BCUT2D eigenvalue weighted by Gasteiger charge is -2.12. The van der Waals surface area contributed by atoms with Crippen molar-refractivity contribution in [2.45, 2.75) is 19.6 Å². The van der Waals surface area contributed by atoms with Crippen LogP contribution in [0.5, 0.6) is 11.5 Å². The van der Waals surface area contributed by atoms with Crippen LogP contribution < -0.4 is 5.73 Å². The van der Waals surface area contributed by atoms with Crippen molar-refractivity contribution in [2.24, 2.45) is 40.9 Å². The second kappa shape index (κ2) is 17.9. The number of nitrogens with two attached hydrogens (primary N) is 1. The number of nitrogen functional groups attached to an aromatic ring is 1.